The van der Waals surface area contributed by atoms with Crippen LogP contribution in [0.25, 0.3) is 0 Å². The predicted molar refractivity (Wildman–Crippen MR) is 139 cm³/mol. The van der Waals surface area contributed by atoms with Gasteiger partial charge in [-0.3, -0.25) is 9.05 Å². The van der Waals surface area contributed by atoms with Crippen molar-refractivity contribution in [3.05, 3.63) is 0 Å². The smallest absolute Gasteiger partial charge is 0.350 e. The summed E-state index contributed by atoms with van der Waals surface area (Å²) in [4.78, 5) is 9.80. The molecule has 1 N–H and O–H groups in total. The molecule has 1 rings (SSSR count). The van der Waals surface area contributed by atoms with Crippen LogP contribution in [0.15, 0.2) is 0 Å². The minimum absolute atomic E-state index is 0.00745. The van der Waals surface area contributed by atoms with Gasteiger partial charge in [-0.2, -0.15) is 0 Å². The lowest BCUT2D eigenvalue weighted by atomic mass is 10.0. The first-order valence-corrected chi connectivity index (χ1v) is 15.4. The monoisotopic (exact) mass is 508 g/mol. The molecule has 204 valence electrons. The molecule has 0 spiro atoms. The highest BCUT2D eigenvalue weighted by molar-refractivity contribution is 7.47. The molecule has 34 heavy (non-hydrogen) atoms. The van der Waals surface area contributed by atoms with Crippen molar-refractivity contribution in [2.24, 2.45) is 0 Å². The lowest BCUT2D eigenvalue weighted by Crippen LogP contribution is -2.37. The maximum atomic E-state index is 12.0. The molecule has 7 nitrogen and oxygen atoms in total. The first-order valence-electron chi connectivity index (χ1n) is 13.9. The van der Waals surface area contributed by atoms with Crippen molar-refractivity contribution >= 4 is 7.82 Å². The number of likely N-dealkylation sites (N-methyl/N-ethyl adjacent to an activating group) is 1. The second kappa shape index (κ2) is 19.1. The van der Waals surface area contributed by atoms with Crippen LogP contribution in [0.4, 0.5) is 0 Å². The summed E-state index contributed by atoms with van der Waals surface area (Å²) in [6, 6.07) is 0. The second-order valence-corrected chi connectivity index (χ2v) is 12.3. The van der Waals surface area contributed by atoms with Gasteiger partial charge in [0, 0.05) is 0 Å². The van der Waals surface area contributed by atoms with Gasteiger partial charge in [-0.05, 0) is 12.8 Å². The zero-order valence-corrected chi connectivity index (χ0v) is 23.6. The fraction of sp³-hybridized carbons (Fsp3) is 1.00. The number of nitrogens with zero attached hydrogens (tertiary/aromatic N) is 1. The first kappa shape index (κ1) is 32.0. The lowest BCUT2D eigenvalue weighted by molar-refractivity contribution is -0.870. The summed E-state index contributed by atoms with van der Waals surface area (Å²) in [6.07, 6.45) is 20.6. The fourth-order valence-electron chi connectivity index (χ4n) is 4.07. The van der Waals surface area contributed by atoms with Gasteiger partial charge in [0.1, 0.15) is 19.3 Å². The van der Waals surface area contributed by atoms with Gasteiger partial charge < -0.3 is 18.9 Å². The van der Waals surface area contributed by atoms with Crippen molar-refractivity contribution in [3.8, 4) is 0 Å². The summed E-state index contributed by atoms with van der Waals surface area (Å²) < 4.78 is 34.2. The second-order valence-electron chi connectivity index (χ2n) is 10.9. The van der Waals surface area contributed by atoms with Gasteiger partial charge in [0.05, 0.1) is 34.4 Å². The Morgan fingerprint density at radius 1 is 0.824 bits per heavy atom. The van der Waals surface area contributed by atoms with E-state index >= 15 is 0 Å². The Hall–Kier alpha value is -0.0100. The number of hydrogen-bond acceptors (Lipinski definition) is 5. The summed E-state index contributed by atoms with van der Waals surface area (Å²) in [7, 11) is 1.94. The third-order valence-corrected chi connectivity index (χ3v) is 7.28. The van der Waals surface area contributed by atoms with Crippen LogP contribution in [0.2, 0.25) is 0 Å². The molecule has 1 saturated heterocycles. The van der Waals surface area contributed by atoms with Crippen molar-refractivity contribution in [1.82, 2.24) is 0 Å². The van der Waals surface area contributed by atoms with E-state index < -0.39 is 7.82 Å². The number of hydrogen-bond donors (Lipinski definition) is 1. The minimum atomic E-state index is -4.05. The van der Waals surface area contributed by atoms with Gasteiger partial charge in [-0.25, -0.2) is 4.57 Å². The van der Waals surface area contributed by atoms with Crippen molar-refractivity contribution in [3.63, 3.8) is 0 Å². The van der Waals surface area contributed by atoms with E-state index in [0.717, 1.165) is 12.8 Å². The molecular formula is C26H55NO6P+. The average molecular weight is 509 g/mol. The number of ether oxygens (including phenoxy) is 2. The van der Waals surface area contributed by atoms with Gasteiger partial charge in [0.2, 0.25) is 0 Å². The summed E-state index contributed by atoms with van der Waals surface area (Å²) in [5.74, 6) is 0. The Balaban J connectivity index is 1.90. The topological polar surface area (TPSA) is 74.2 Å². The SMILES string of the molecule is CCCCCCCCCCCCCCCCC[C@H]1OC[C@H](COP(=O)(O)OCC[N+](C)(C)C)O1. The summed E-state index contributed by atoms with van der Waals surface area (Å²) in [6.45, 7) is 3.46. The number of quaternary nitrogens is 1. The van der Waals surface area contributed by atoms with Gasteiger partial charge in [-0.1, -0.05) is 96.8 Å². The molecular weight excluding hydrogens is 453 g/mol. The van der Waals surface area contributed by atoms with E-state index in [1.807, 2.05) is 21.1 Å². The third-order valence-electron chi connectivity index (χ3n) is 6.30. The standard InChI is InChI=1S/C26H54NO6P/c1-5-6-7-8-9-10-11-12-13-14-15-16-17-18-19-20-26-30-23-25(33-26)24-32-34(28,29)31-22-21-27(2,3)4/h25-26H,5-24H2,1-4H3/p+1/t25-,26+/m1/s1. The minimum Gasteiger partial charge on any atom is -0.350 e. The van der Waals surface area contributed by atoms with Gasteiger partial charge in [0.15, 0.2) is 6.29 Å². The van der Waals surface area contributed by atoms with Crippen LogP contribution in [-0.4, -0.2) is 69.3 Å². The molecule has 1 unspecified atom stereocenters. The summed E-state index contributed by atoms with van der Waals surface area (Å²) in [5.41, 5.74) is 0. The fourth-order valence-corrected chi connectivity index (χ4v) is 4.82. The zero-order valence-electron chi connectivity index (χ0n) is 22.7. The molecule has 0 saturated carbocycles. The van der Waals surface area contributed by atoms with E-state index in [4.69, 9.17) is 18.5 Å². The van der Waals surface area contributed by atoms with Crippen molar-refractivity contribution in [2.45, 2.75) is 122 Å². The van der Waals surface area contributed by atoms with E-state index in [1.54, 1.807) is 0 Å². The molecule has 8 heteroatoms. The van der Waals surface area contributed by atoms with E-state index in [2.05, 4.69) is 6.92 Å². The quantitative estimate of drug-likeness (QED) is 0.0926. The first-order chi connectivity index (χ1) is 16.2. The largest absolute Gasteiger partial charge is 0.472 e. The Bertz CT molecular complexity index is 528. The van der Waals surface area contributed by atoms with Crippen LogP contribution >= 0.6 is 7.82 Å². The molecule has 0 aliphatic carbocycles. The van der Waals surface area contributed by atoms with Gasteiger partial charge in [0.25, 0.3) is 0 Å². The molecule has 1 aliphatic heterocycles. The Morgan fingerprint density at radius 3 is 1.82 bits per heavy atom. The highest BCUT2D eigenvalue weighted by atomic mass is 31.2. The number of rotatable bonds is 23. The van der Waals surface area contributed by atoms with Crippen LogP contribution in [0, 0.1) is 0 Å². The average Bonchev–Trinajstić information content (AvgIpc) is 3.22. The van der Waals surface area contributed by atoms with Gasteiger partial charge in [-0.15, -0.1) is 0 Å². The molecule has 0 aromatic carbocycles. The maximum Gasteiger partial charge on any atom is 0.472 e. The van der Waals surface area contributed by atoms with Crippen LogP contribution < -0.4 is 0 Å². The Kier molecular flexibility index (Phi) is 18.0. The van der Waals surface area contributed by atoms with Crippen LogP contribution in [0.5, 0.6) is 0 Å². The number of phosphoric ester groups is 1. The van der Waals surface area contributed by atoms with Crippen LogP contribution in [-0.2, 0) is 23.1 Å². The molecule has 0 bridgehead atoms. The van der Waals surface area contributed by atoms with Crippen LogP contribution in [0.1, 0.15) is 110 Å². The highest BCUT2D eigenvalue weighted by Crippen LogP contribution is 2.43. The molecule has 1 fully saturated rings. The zero-order chi connectivity index (χ0) is 25.1. The predicted octanol–water partition coefficient (Wildman–Crippen LogP) is 6.83. The van der Waals surface area contributed by atoms with E-state index in [1.165, 1.54) is 89.9 Å². The highest BCUT2D eigenvalue weighted by Gasteiger charge is 2.30. The van der Waals surface area contributed by atoms with E-state index in [9.17, 15) is 9.46 Å². The summed E-state index contributed by atoms with van der Waals surface area (Å²) >= 11 is 0. The summed E-state index contributed by atoms with van der Waals surface area (Å²) in [5, 5.41) is 0. The Morgan fingerprint density at radius 2 is 1.32 bits per heavy atom. The van der Waals surface area contributed by atoms with Crippen molar-refractivity contribution in [1.29, 1.82) is 0 Å². The van der Waals surface area contributed by atoms with E-state index in [-0.39, 0.29) is 25.6 Å². The number of unbranched alkanes of at least 4 members (excludes halogenated alkanes) is 14. The third kappa shape index (κ3) is 19.2. The molecule has 3 atom stereocenters. The molecule has 1 aliphatic rings. The lowest BCUT2D eigenvalue weighted by Gasteiger charge is -2.24. The number of phosphoric acid groups is 1. The van der Waals surface area contributed by atoms with Crippen molar-refractivity contribution < 1.29 is 32.5 Å². The molecule has 0 aromatic rings. The van der Waals surface area contributed by atoms with E-state index in [0.29, 0.717) is 17.6 Å². The molecule has 0 amide bonds. The maximum absolute atomic E-state index is 12.0. The molecule has 0 aromatic heterocycles. The van der Waals surface area contributed by atoms with Gasteiger partial charge >= 0.3 is 7.82 Å². The molecule has 1 heterocycles. The normalized spacial score (nSPS) is 20.6. The van der Waals surface area contributed by atoms with Crippen LogP contribution in [0.3, 0.4) is 0 Å². The van der Waals surface area contributed by atoms with Crippen molar-refractivity contribution in [2.75, 3.05) is 47.5 Å². The Labute approximate surface area is 210 Å². The molecule has 0 radical (unpaired) electrons.